The molecule has 13 heavy (non-hydrogen) atoms. The molecule has 0 spiro atoms. The summed E-state index contributed by atoms with van der Waals surface area (Å²) in [5, 5.41) is 8.44. The first-order chi connectivity index (χ1) is 6.20. The molecule has 1 rings (SSSR count). The first kappa shape index (κ1) is 9.47. The predicted molar refractivity (Wildman–Crippen MR) is 45.3 cm³/mol. The Balaban J connectivity index is 2.39. The molecule has 0 unspecified atom stereocenters. The Hall–Kier alpha value is -1.62. The van der Waals surface area contributed by atoms with Crippen LogP contribution in [0, 0.1) is 0 Å². The van der Waals surface area contributed by atoms with Crippen LogP contribution in [-0.2, 0) is 4.79 Å². The van der Waals surface area contributed by atoms with Crippen molar-refractivity contribution < 1.29 is 14.6 Å². The summed E-state index contributed by atoms with van der Waals surface area (Å²) in [5.41, 5.74) is 5.22. The lowest BCUT2D eigenvalue weighted by atomic mass is 10.3. The van der Waals surface area contributed by atoms with E-state index >= 15 is 0 Å². The van der Waals surface area contributed by atoms with E-state index in [9.17, 15) is 4.79 Å². The molecule has 0 saturated heterocycles. The van der Waals surface area contributed by atoms with Crippen molar-refractivity contribution in [1.29, 1.82) is 0 Å². The molecule has 0 radical (unpaired) electrons. The lowest BCUT2D eigenvalue weighted by molar-refractivity contribution is -0.139. The fourth-order valence-electron chi connectivity index (χ4n) is 0.690. The summed E-state index contributed by atoms with van der Waals surface area (Å²) >= 11 is 0. The average Bonchev–Trinajstić information content (AvgIpc) is 2.15. The van der Waals surface area contributed by atoms with Gasteiger partial charge >= 0.3 is 5.97 Å². The van der Waals surface area contributed by atoms with Crippen molar-refractivity contribution in [1.82, 2.24) is 4.98 Å². The van der Waals surface area contributed by atoms with Crippen molar-refractivity contribution in [3.05, 3.63) is 24.5 Å². The fraction of sp³-hybridized carbons (Fsp3) is 0.250. The standard InChI is InChI=1S/C8H10N2O3/c9-7(8(11)12)5-13-6-2-1-3-10-4-6/h1-4,7H,5,9H2,(H,11,12)/t7-/m0/s1. The second-order valence-corrected chi connectivity index (χ2v) is 2.44. The van der Waals surface area contributed by atoms with Crippen molar-refractivity contribution in [2.75, 3.05) is 6.61 Å². The van der Waals surface area contributed by atoms with Gasteiger partial charge < -0.3 is 15.6 Å². The highest BCUT2D eigenvalue weighted by Gasteiger charge is 2.11. The van der Waals surface area contributed by atoms with Gasteiger partial charge in [0, 0.05) is 6.20 Å². The minimum absolute atomic E-state index is 0.0545. The number of pyridine rings is 1. The number of carboxylic acids is 1. The van der Waals surface area contributed by atoms with Crippen LogP contribution in [0.1, 0.15) is 0 Å². The van der Waals surface area contributed by atoms with E-state index in [1.807, 2.05) is 0 Å². The molecule has 1 aromatic heterocycles. The van der Waals surface area contributed by atoms with Gasteiger partial charge in [-0.1, -0.05) is 0 Å². The number of nitrogens with two attached hydrogens (primary N) is 1. The van der Waals surface area contributed by atoms with Crippen molar-refractivity contribution in [3.63, 3.8) is 0 Å². The van der Waals surface area contributed by atoms with Crippen molar-refractivity contribution >= 4 is 5.97 Å². The topological polar surface area (TPSA) is 85.4 Å². The highest BCUT2D eigenvalue weighted by atomic mass is 16.5. The Kier molecular flexibility index (Phi) is 3.22. The van der Waals surface area contributed by atoms with E-state index in [2.05, 4.69) is 4.98 Å². The van der Waals surface area contributed by atoms with Gasteiger partial charge in [0.2, 0.25) is 0 Å². The van der Waals surface area contributed by atoms with Crippen molar-refractivity contribution in [3.8, 4) is 5.75 Å². The van der Waals surface area contributed by atoms with Crippen LogP contribution < -0.4 is 10.5 Å². The molecule has 1 atom stereocenters. The molecule has 0 aliphatic heterocycles. The van der Waals surface area contributed by atoms with E-state index in [4.69, 9.17) is 15.6 Å². The van der Waals surface area contributed by atoms with E-state index < -0.39 is 12.0 Å². The number of aromatic nitrogens is 1. The van der Waals surface area contributed by atoms with Gasteiger partial charge in [0.05, 0.1) is 6.20 Å². The number of ether oxygens (including phenoxy) is 1. The van der Waals surface area contributed by atoms with Crippen LogP contribution in [-0.4, -0.2) is 28.7 Å². The highest BCUT2D eigenvalue weighted by Crippen LogP contribution is 2.05. The summed E-state index contributed by atoms with van der Waals surface area (Å²) in [6, 6.07) is 2.38. The molecule has 5 nitrogen and oxygen atoms in total. The Morgan fingerprint density at radius 1 is 1.77 bits per heavy atom. The average molecular weight is 182 g/mol. The fourth-order valence-corrected chi connectivity index (χ4v) is 0.690. The van der Waals surface area contributed by atoms with Crippen LogP contribution in [0.3, 0.4) is 0 Å². The molecule has 0 saturated carbocycles. The summed E-state index contributed by atoms with van der Waals surface area (Å²) in [4.78, 5) is 14.1. The van der Waals surface area contributed by atoms with Gasteiger partial charge in [-0.2, -0.15) is 0 Å². The lowest BCUT2D eigenvalue weighted by Gasteiger charge is -2.07. The Bertz CT molecular complexity index is 276. The lowest BCUT2D eigenvalue weighted by Crippen LogP contribution is -2.36. The third-order valence-corrected chi connectivity index (χ3v) is 1.38. The van der Waals surface area contributed by atoms with E-state index in [1.54, 1.807) is 18.3 Å². The summed E-state index contributed by atoms with van der Waals surface area (Å²) < 4.78 is 5.06. The zero-order chi connectivity index (χ0) is 9.68. The molecular formula is C8H10N2O3. The van der Waals surface area contributed by atoms with Gasteiger partial charge in [0.15, 0.2) is 0 Å². The third kappa shape index (κ3) is 3.08. The second-order valence-electron chi connectivity index (χ2n) is 2.44. The molecule has 0 aromatic carbocycles. The molecule has 1 heterocycles. The molecule has 5 heteroatoms. The SMILES string of the molecule is N[C@@H](COc1cccnc1)C(=O)O. The zero-order valence-corrected chi connectivity index (χ0v) is 6.88. The van der Waals surface area contributed by atoms with E-state index in [1.165, 1.54) is 6.20 Å². The van der Waals surface area contributed by atoms with Gasteiger partial charge in [-0.25, -0.2) is 0 Å². The summed E-state index contributed by atoms with van der Waals surface area (Å²) in [6.45, 7) is -0.0545. The number of carboxylic acid groups (broad SMARTS) is 1. The molecule has 0 fully saturated rings. The maximum Gasteiger partial charge on any atom is 0.324 e. The largest absolute Gasteiger partial charge is 0.490 e. The predicted octanol–water partition coefficient (Wildman–Crippen LogP) is -0.128. The van der Waals surface area contributed by atoms with Crippen LogP contribution in [0.15, 0.2) is 24.5 Å². The summed E-state index contributed by atoms with van der Waals surface area (Å²) in [7, 11) is 0. The van der Waals surface area contributed by atoms with Crippen molar-refractivity contribution in [2.24, 2.45) is 5.73 Å². The van der Waals surface area contributed by atoms with Gasteiger partial charge in [0.25, 0.3) is 0 Å². The summed E-state index contributed by atoms with van der Waals surface area (Å²) in [6.07, 6.45) is 3.10. The van der Waals surface area contributed by atoms with Crippen LogP contribution >= 0.6 is 0 Å². The number of nitrogens with zero attached hydrogens (tertiary/aromatic N) is 1. The van der Waals surface area contributed by atoms with E-state index in [-0.39, 0.29) is 6.61 Å². The van der Waals surface area contributed by atoms with Gasteiger partial charge in [-0.15, -0.1) is 0 Å². The van der Waals surface area contributed by atoms with Crippen LogP contribution in [0.2, 0.25) is 0 Å². The maximum absolute atomic E-state index is 10.3. The molecule has 0 amide bonds. The molecular weight excluding hydrogens is 172 g/mol. The highest BCUT2D eigenvalue weighted by molar-refractivity contribution is 5.73. The normalized spacial score (nSPS) is 12.1. The number of carbonyl (C=O) groups is 1. The minimum atomic E-state index is -1.08. The number of hydrogen-bond acceptors (Lipinski definition) is 4. The van der Waals surface area contributed by atoms with Crippen LogP contribution in [0.5, 0.6) is 5.75 Å². The first-order valence-electron chi connectivity index (χ1n) is 3.71. The number of rotatable bonds is 4. The van der Waals surface area contributed by atoms with Gasteiger partial charge in [-0.3, -0.25) is 9.78 Å². The quantitative estimate of drug-likeness (QED) is 0.677. The van der Waals surface area contributed by atoms with Gasteiger partial charge in [-0.05, 0) is 12.1 Å². The summed E-state index contributed by atoms with van der Waals surface area (Å²) in [5.74, 6) is -0.567. The van der Waals surface area contributed by atoms with Crippen molar-refractivity contribution in [2.45, 2.75) is 6.04 Å². The number of aliphatic carboxylic acids is 1. The molecule has 0 aliphatic carbocycles. The smallest absolute Gasteiger partial charge is 0.324 e. The molecule has 0 bridgehead atoms. The van der Waals surface area contributed by atoms with E-state index in [0.717, 1.165) is 0 Å². The Labute approximate surface area is 75.2 Å². The molecule has 0 aliphatic rings. The minimum Gasteiger partial charge on any atom is -0.490 e. The second kappa shape index (κ2) is 4.42. The van der Waals surface area contributed by atoms with Gasteiger partial charge in [0.1, 0.15) is 18.4 Å². The number of hydrogen-bond donors (Lipinski definition) is 2. The first-order valence-corrected chi connectivity index (χ1v) is 3.71. The van der Waals surface area contributed by atoms with Crippen LogP contribution in [0.25, 0.3) is 0 Å². The van der Waals surface area contributed by atoms with Crippen LogP contribution in [0.4, 0.5) is 0 Å². The monoisotopic (exact) mass is 182 g/mol. The third-order valence-electron chi connectivity index (χ3n) is 1.38. The maximum atomic E-state index is 10.3. The van der Waals surface area contributed by atoms with E-state index in [0.29, 0.717) is 5.75 Å². The molecule has 1 aromatic rings. The zero-order valence-electron chi connectivity index (χ0n) is 6.88. The Morgan fingerprint density at radius 2 is 2.54 bits per heavy atom. The Morgan fingerprint density at radius 3 is 3.08 bits per heavy atom. The molecule has 3 N–H and O–H groups in total. The molecule has 70 valence electrons.